The van der Waals surface area contributed by atoms with E-state index in [1.807, 2.05) is 6.08 Å². The lowest BCUT2D eigenvalue weighted by Gasteiger charge is -2.41. The summed E-state index contributed by atoms with van der Waals surface area (Å²) in [6, 6.07) is 0. The minimum absolute atomic E-state index is 0.0582. The molecule has 0 aromatic carbocycles. The number of terminal acetylenes is 1. The quantitative estimate of drug-likeness (QED) is 0.101. The van der Waals surface area contributed by atoms with E-state index in [0.717, 1.165) is 12.8 Å². The molecule has 0 N–H and O–H groups in total. The highest BCUT2D eigenvalue weighted by molar-refractivity contribution is 6.74. The Hall–Kier alpha value is -0.876. The monoisotopic (exact) mass is 468 g/mol. The summed E-state index contributed by atoms with van der Waals surface area (Å²) in [6.07, 6.45) is 11.7. The van der Waals surface area contributed by atoms with Gasteiger partial charge in [0.05, 0.1) is 18.8 Å². The van der Waals surface area contributed by atoms with E-state index >= 15 is 0 Å². The van der Waals surface area contributed by atoms with Gasteiger partial charge in [-0.25, -0.2) is 4.79 Å². The van der Waals surface area contributed by atoms with Crippen LogP contribution < -0.4 is 0 Å². The van der Waals surface area contributed by atoms with E-state index in [4.69, 9.17) is 20.0 Å². The molecule has 180 valence electrons. The maximum atomic E-state index is 12.1. The first-order valence-electron chi connectivity index (χ1n) is 11.6. The minimum atomic E-state index is -2.06. The van der Waals surface area contributed by atoms with Crippen LogP contribution in [0.2, 0.25) is 36.3 Å². The van der Waals surface area contributed by atoms with Crippen molar-refractivity contribution in [1.29, 1.82) is 0 Å². The van der Waals surface area contributed by atoms with Gasteiger partial charge in [0.15, 0.2) is 16.6 Å². The van der Waals surface area contributed by atoms with Gasteiger partial charge >= 0.3 is 5.97 Å². The lowest BCUT2D eigenvalue weighted by Crippen LogP contribution is -2.47. The lowest BCUT2D eigenvalue weighted by molar-refractivity contribution is -0.137. The third kappa shape index (κ3) is 11.0. The number of carbonyl (C=O) groups is 1. The second-order valence-electron chi connectivity index (χ2n) is 11.4. The van der Waals surface area contributed by atoms with E-state index in [1.165, 1.54) is 6.08 Å². The maximum absolute atomic E-state index is 12.1. The molecular formula is C25H48O4Si2. The van der Waals surface area contributed by atoms with Crippen molar-refractivity contribution in [3.8, 4) is 12.3 Å². The summed E-state index contributed by atoms with van der Waals surface area (Å²) in [7, 11) is -4.04. The van der Waals surface area contributed by atoms with Crippen LogP contribution in [0.4, 0.5) is 0 Å². The van der Waals surface area contributed by atoms with E-state index in [1.54, 1.807) is 0 Å². The Labute approximate surface area is 194 Å². The molecule has 0 rings (SSSR count). The zero-order chi connectivity index (χ0) is 24.5. The van der Waals surface area contributed by atoms with Crippen LogP contribution in [0.25, 0.3) is 0 Å². The summed E-state index contributed by atoms with van der Waals surface area (Å²) >= 11 is 0. The summed E-state index contributed by atoms with van der Waals surface area (Å²) < 4.78 is 18.6. The van der Waals surface area contributed by atoms with Crippen molar-refractivity contribution in [2.24, 2.45) is 0 Å². The Bertz CT molecular complexity index is 619. The molecule has 0 saturated carbocycles. The molecule has 0 spiro atoms. The smallest absolute Gasteiger partial charge is 0.330 e. The predicted octanol–water partition coefficient (Wildman–Crippen LogP) is 7.08. The van der Waals surface area contributed by atoms with Gasteiger partial charge < -0.3 is 13.6 Å². The second kappa shape index (κ2) is 12.4. The SMILES string of the molecule is C#CCC(CC(C=CC(=O)OCCCC)O[Si](C)(C)C(C)(C)C)O[Si](C)(C)C(C)(C)C. The Morgan fingerprint density at radius 1 is 1.00 bits per heavy atom. The summed E-state index contributed by atoms with van der Waals surface area (Å²) in [5.41, 5.74) is 0. The highest BCUT2D eigenvalue weighted by atomic mass is 28.4. The molecule has 0 aromatic heterocycles. The maximum Gasteiger partial charge on any atom is 0.330 e. The van der Waals surface area contributed by atoms with Crippen molar-refractivity contribution in [2.75, 3.05) is 6.61 Å². The highest BCUT2D eigenvalue weighted by Crippen LogP contribution is 2.40. The lowest BCUT2D eigenvalue weighted by atomic mass is 10.1. The number of rotatable bonds is 12. The molecule has 0 aliphatic rings. The summed E-state index contributed by atoms with van der Waals surface area (Å²) in [4.78, 5) is 12.1. The van der Waals surface area contributed by atoms with Gasteiger partial charge in [-0.3, -0.25) is 0 Å². The first kappa shape index (κ1) is 30.1. The van der Waals surface area contributed by atoms with Crippen molar-refractivity contribution in [2.45, 2.75) is 123 Å². The highest BCUT2D eigenvalue weighted by Gasteiger charge is 2.41. The van der Waals surface area contributed by atoms with E-state index in [0.29, 0.717) is 19.4 Å². The fourth-order valence-electron chi connectivity index (χ4n) is 2.43. The van der Waals surface area contributed by atoms with Gasteiger partial charge in [0.2, 0.25) is 0 Å². The molecule has 0 saturated heterocycles. The van der Waals surface area contributed by atoms with Crippen LogP contribution in [0.1, 0.15) is 74.1 Å². The van der Waals surface area contributed by atoms with Gasteiger partial charge in [-0.15, -0.1) is 12.3 Å². The molecule has 0 aliphatic heterocycles. The van der Waals surface area contributed by atoms with Crippen molar-refractivity contribution in [3.63, 3.8) is 0 Å². The van der Waals surface area contributed by atoms with Crippen LogP contribution in [0.5, 0.6) is 0 Å². The van der Waals surface area contributed by atoms with E-state index in [2.05, 4.69) is 80.6 Å². The third-order valence-corrected chi connectivity index (χ3v) is 15.6. The normalized spacial score (nSPS) is 15.5. The molecule has 2 atom stereocenters. The number of ether oxygens (including phenoxy) is 1. The third-order valence-electron chi connectivity index (χ3n) is 6.55. The number of esters is 1. The molecule has 31 heavy (non-hydrogen) atoms. The van der Waals surface area contributed by atoms with Crippen LogP contribution in [0.15, 0.2) is 12.2 Å². The van der Waals surface area contributed by atoms with E-state index in [-0.39, 0.29) is 28.3 Å². The molecular weight excluding hydrogens is 420 g/mol. The molecule has 0 bridgehead atoms. The number of unbranched alkanes of at least 4 members (excludes halogenated alkanes) is 1. The second-order valence-corrected chi connectivity index (χ2v) is 21.0. The van der Waals surface area contributed by atoms with E-state index in [9.17, 15) is 4.79 Å². The molecule has 0 aliphatic carbocycles. The van der Waals surface area contributed by atoms with Gasteiger partial charge in [0, 0.05) is 18.9 Å². The average molecular weight is 469 g/mol. The molecule has 2 unspecified atom stereocenters. The molecule has 0 fully saturated rings. The average Bonchev–Trinajstić information content (AvgIpc) is 2.57. The molecule has 0 amide bonds. The number of carbonyl (C=O) groups excluding carboxylic acids is 1. The first-order valence-corrected chi connectivity index (χ1v) is 17.4. The summed E-state index contributed by atoms with van der Waals surface area (Å²) in [5.74, 6) is 2.45. The minimum Gasteiger partial charge on any atom is -0.463 e. The fraction of sp³-hybridized carbons (Fsp3) is 0.800. The van der Waals surface area contributed by atoms with Gasteiger partial charge in [-0.1, -0.05) is 54.9 Å². The number of hydrogen-bond donors (Lipinski definition) is 0. The van der Waals surface area contributed by atoms with Crippen LogP contribution >= 0.6 is 0 Å². The van der Waals surface area contributed by atoms with Gasteiger partial charge in [-0.2, -0.15) is 0 Å². The molecule has 0 heterocycles. The Balaban J connectivity index is 5.63. The van der Waals surface area contributed by atoms with Crippen LogP contribution in [-0.4, -0.2) is 41.4 Å². The Kier molecular flexibility index (Phi) is 12.0. The zero-order valence-corrected chi connectivity index (χ0v) is 24.1. The topological polar surface area (TPSA) is 44.8 Å². The van der Waals surface area contributed by atoms with Gasteiger partial charge in [-0.05, 0) is 48.8 Å². The predicted molar refractivity (Wildman–Crippen MR) is 137 cm³/mol. The standard InChI is InChI=1S/C25H48O4Si2/c1-13-15-19-27-23(26)18-17-22(29-31(11,12)25(6,7)8)20-21(16-14-2)28-30(9,10)24(3,4)5/h2,17-18,21-22H,13,15-16,19-20H2,1,3-12H3. The van der Waals surface area contributed by atoms with Crippen LogP contribution in [-0.2, 0) is 18.4 Å². The van der Waals surface area contributed by atoms with Gasteiger partial charge in [0.25, 0.3) is 0 Å². The largest absolute Gasteiger partial charge is 0.463 e. The summed E-state index contributed by atoms with van der Waals surface area (Å²) in [5, 5.41) is 0.150. The molecule has 4 nitrogen and oxygen atoms in total. The van der Waals surface area contributed by atoms with Crippen molar-refractivity contribution >= 4 is 22.6 Å². The number of hydrogen-bond acceptors (Lipinski definition) is 4. The first-order chi connectivity index (χ1) is 14.0. The van der Waals surface area contributed by atoms with Gasteiger partial charge in [0.1, 0.15) is 0 Å². The summed E-state index contributed by atoms with van der Waals surface area (Å²) in [6.45, 7) is 24.7. The van der Waals surface area contributed by atoms with Crippen molar-refractivity contribution < 1.29 is 18.4 Å². The van der Waals surface area contributed by atoms with Crippen molar-refractivity contribution in [1.82, 2.24) is 0 Å². The van der Waals surface area contributed by atoms with Crippen LogP contribution in [0, 0.1) is 12.3 Å². The Morgan fingerprint density at radius 2 is 1.52 bits per heavy atom. The molecule has 0 radical (unpaired) electrons. The molecule has 6 heteroatoms. The van der Waals surface area contributed by atoms with Crippen LogP contribution in [0.3, 0.4) is 0 Å². The fourth-order valence-corrected chi connectivity index (χ4v) is 5.08. The van der Waals surface area contributed by atoms with Crippen molar-refractivity contribution in [3.05, 3.63) is 12.2 Å². The molecule has 0 aromatic rings. The van der Waals surface area contributed by atoms with E-state index < -0.39 is 16.6 Å². The Morgan fingerprint density at radius 3 is 1.97 bits per heavy atom. The zero-order valence-electron chi connectivity index (χ0n) is 22.1.